The second kappa shape index (κ2) is 9.94. The number of hydrogen-bond donors (Lipinski definition) is 4. The Kier molecular flexibility index (Phi) is 6.55. The molecule has 2 aliphatic carbocycles. The third kappa shape index (κ3) is 5.83. The van der Waals surface area contributed by atoms with Crippen LogP contribution < -0.4 is 20.5 Å². The Bertz CT molecular complexity index is 1830. The Morgan fingerprint density at radius 3 is 2.33 bits per heavy atom. The van der Waals surface area contributed by atoms with E-state index in [4.69, 9.17) is 10.1 Å². The fraction of sp³-hybridized carbons (Fsp3) is 0.269. The van der Waals surface area contributed by atoms with Gasteiger partial charge in [0, 0.05) is 18.2 Å². The van der Waals surface area contributed by atoms with Gasteiger partial charge in [0.05, 0.1) is 27.0 Å². The number of anilines is 3. The monoisotopic (exact) mass is 583 g/mol. The normalized spacial score (nSPS) is 15.7. The lowest BCUT2D eigenvalue weighted by atomic mass is 10.1. The lowest BCUT2D eigenvalue weighted by Gasteiger charge is -2.14. The summed E-state index contributed by atoms with van der Waals surface area (Å²) in [6, 6.07) is 13.8. The first-order valence-electron chi connectivity index (χ1n) is 12.7. The molecule has 2 aromatic heterocycles. The first kappa shape index (κ1) is 26.3. The van der Waals surface area contributed by atoms with Crippen molar-refractivity contribution in [3.8, 4) is 11.3 Å². The number of fused-ring (bicyclic) bond motifs is 1. The topological polar surface area (TPSA) is 169 Å². The van der Waals surface area contributed by atoms with E-state index in [2.05, 4.69) is 25.3 Å². The van der Waals surface area contributed by atoms with E-state index in [1.807, 2.05) is 0 Å². The molecule has 2 saturated carbocycles. The van der Waals surface area contributed by atoms with Crippen molar-refractivity contribution >= 4 is 48.5 Å². The lowest BCUT2D eigenvalue weighted by Crippen LogP contribution is -2.18. The molecule has 0 saturated heterocycles. The molecule has 2 aliphatic rings. The summed E-state index contributed by atoms with van der Waals surface area (Å²) < 4.78 is 64.8. The van der Waals surface area contributed by atoms with Crippen LogP contribution in [-0.2, 0) is 26.6 Å². The second-order valence-corrected chi connectivity index (χ2v) is 13.5. The molecule has 0 atom stereocenters. The quantitative estimate of drug-likeness (QED) is 0.218. The fourth-order valence-electron chi connectivity index (χ4n) is 4.18. The first-order valence-corrected chi connectivity index (χ1v) is 15.8. The van der Waals surface area contributed by atoms with Crippen molar-refractivity contribution < 1.29 is 21.2 Å². The van der Waals surface area contributed by atoms with Crippen molar-refractivity contribution in [2.24, 2.45) is 5.14 Å². The van der Waals surface area contributed by atoms with E-state index < -0.39 is 31.1 Å². The molecule has 0 spiro atoms. The molecular weight excluding hydrogens is 557 g/mol. The molecule has 0 aliphatic heterocycles. The SMILES string of the molecule is NS(=O)(=O)c1ccc(CNc2nc(NC3CC3)c3nc(-c4ccc(F)cc4NS(=O)(=O)C4CC4)ccc3n2)cc1. The predicted octanol–water partition coefficient (Wildman–Crippen LogP) is 3.57. The fourth-order valence-corrected chi connectivity index (χ4v) is 6.10. The number of sulfonamides is 2. The largest absolute Gasteiger partial charge is 0.365 e. The third-order valence-electron chi connectivity index (χ3n) is 6.64. The van der Waals surface area contributed by atoms with Gasteiger partial charge in [-0.15, -0.1) is 0 Å². The summed E-state index contributed by atoms with van der Waals surface area (Å²) in [5.74, 6) is 0.302. The third-order valence-corrected chi connectivity index (χ3v) is 9.42. The van der Waals surface area contributed by atoms with E-state index in [0.717, 1.165) is 24.5 Å². The molecule has 2 heterocycles. The Hall–Kier alpha value is -3.88. The predicted molar refractivity (Wildman–Crippen MR) is 150 cm³/mol. The summed E-state index contributed by atoms with van der Waals surface area (Å²) in [5.41, 5.74) is 2.86. The van der Waals surface area contributed by atoms with Crippen LogP contribution in [0.25, 0.3) is 22.3 Å². The molecule has 14 heteroatoms. The Labute approximate surface area is 230 Å². The molecular formula is C26H26FN7O4S2. The van der Waals surface area contributed by atoms with Crippen molar-refractivity contribution in [3.63, 3.8) is 0 Å². The zero-order chi connectivity index (χ0) is 28.1. The average Bonchev–Trinajstić information content (AvgIpc) is 3.81. The summed E-state index contributed by atoms with van der Waals surface area (Å²) in [7, 11) is -7.39. The van der Waals surface area contributed by atoms with Crippen LogP contribution in [0.3, 0.4) is 0 Å². The number of nitrogens with zero attached hydrogens (tertiary/aromatic N) is 3. The number of pyridine rings is 1. The van der Waals surface area contributed by atoms with Crippen LogP contribution in [0.2, 0.25) is 0 Å². The molecule has 11 nitrogen and oxygen atoms in total. The highest BCUT2D eigenvalue weighted by atomic mass is 32.2. The van der Waals surface area contributed by atoms with Crippen LogP contribution in [0, 0.1) is 5.82 Å². The number of nitrogens with two attached hydrogens (primary N) is 1. The molecule has 4 aromatic rings. The summed E-state index contributed by atoms with van der Waals surface area (Å²) >= 11 is 0. The van der Waals surface area contributed by atoms with Gasteiger partial charge < -0.3 is 10.6 Å². The summed E-state index contributed by atoms with van der Waals surface area (Å²) in [6.07, 6.45) is 3.16. The number of aromatic nitrogens is 3. The van der Waals surface area contributed by atoms with Crippen LogP contribution in [0.1, 0.15) is 31.2 Å². The molecule has 0 amide bonds. The van der Waals surface area contributed by atoms with Crippen LogP contribution >= 0.6 is 0 Å². The Balaban J connectivity index is 1.32. The molecule has 208 valence electrons. The second-order valence-electron chi connectivity index (χ2n) is 9.96. The Morgan fingerprint density at radius 2 is 1.65 bits per heavy atom. The minimum atomic E-state index is -3.77. The van der Waals surface area contributed by atoms with E-state index in [9.17, 15) is 21.2 Å². The highest BCUT2D eigenvalue weighted by Crippen LogP contribution is 2.35. The standard InChI is InChI=1S/C26H26FN7O4S2/c27-16-3-10-20(23(13-16)34-40(37,38)19-8-9-19)21-11-12-22-24(31-21)25(30-17-4-5-17)33-26(32-22)29-14-15-1-6-18(7-2-15)39(28,35)36/h1-3,6-7,10-13,17,19,34H,4-5,8-9,14H2,(H2,28,35,36)(H2,29,30,32,33). The van der Waals surface area contributed by atoms with E-state index in [1.165, 1.54) is 24.3 Å². The number of primary sulfonamides is 1. The van der Waals surface area contributed by atoms with Crippen molar-refractivity contribution in [3.05, 3.63) is 66.0 Å². The van der Waals surface area contributed by atoms with Crippen LogP contribution in [0.15, 0.2) is 59.5 Å². The maximum absolute atomic E-state index is 14.1. The maximum Gasteiger partial charge on any atom is 0.238 e. The number of hydrogen-bond acceptors (Lipinski definition) is 9. The van der Waals surface area contributed by atoms with Gasteiger partial charge in [-0.25, -0.2) is 36.3 Å². The molecule has 2 fully saturated rings. The summed E-state index contributed by atoms with van der Waals surface area (Å²) in [4.78, 5) is 14.0. The summed E-state index contributed by atoms with van der Waals surface area (Å²) in [5, 5.41) is 11.2. The average molecular weight is 584 g/mol. The van der Waals surface area contributed by atoms with E-state index in [1.54, 1.807) is 24.3 Å². The van der Waals surface area contributed by atoms with Crippen molar-refractivity contribution in [2.75, 3.05) is 15.4 Å². The lowest BCUT2D eigenvalue weighted by molar-refractivity contribution is 0.596. The van der Waals surface area contributed by atoms with Gasteiger partial charge >= 0.3 is 0 Å². The van der Waals surface area contributed by atoms with Gasteiger partial charge in [-0.3, -0.25) is 4.72 Å². The van der Waals surface area contributed by atoms with Crippen LogP contribution in [0.5, 0.6) is 0 Å². The number of nitrogens with one attached hydrogen (secondary N) is 3. The molecule has 5 N–H and O–H groups in total. The van der Waals surface area contributed by atoms with Gasteiger partial charge in [-0.05, 0) is 73.7 Å². The minimum Gasteiger partial charge on any atom is -0.365 e. The number of halogens is 1. The highest BCUT2D eigenvalue weighted by Gasteiger charge is 2.36. The zero-order valence-electron chi connectivity index (χ0n) is 21.1. The first-order chi connectivity index (χ1) is 19.0. The molecule has 2 aromatic carbocycles. The highest BCUT2D eigenvalue weighted by molar-refractivity contribution is 7.93. The smallest absolute Gasteiger partial charge is 0.238 e. The van der Waals surface area contributed by atoms with Crippen molar-refractivity contribution in [1.82, 2.24) is 15.0 Å². The maximum atomic E-state index is 14.1. The molecule has 0 radical (unpaired) electrons. The molecule has 6 rings (SSSR count). The van der Waals surface area contributed by atoms with Gasteiger partial charge in [-0.1, -0.05) is 12.1 Å². The van der Waals surface area contributed by atoms with Crippen LogP contribution in [0.4, 0.5) is 21.8 Å². The van der Waals surface area contributed by atoms with E-state index in [0.29, 0.717) is 53.4 Å². The van der Waals surface area contributed by atoms with Gasteiger partial charge in [0.15, 0.2) is 5.82 Å². The van der Waals surface area contributed by atoms with Gasteiger partial charge in [0.25, 0.3) is 0 Å². The van der Waals surface area contributed by atoms with Gasteiger partial charge in [0.1, 0.15) is 11.3 Å². The Morgan fingerprint density at radius 1 is 0.900 bits per heavy atom. The zero-order valence-corrected chi connectivity index (χ0v) is 22.8. The van der Waals surface area contributed by atoms with Crippen molar-refractivity contribution in [1.29, 1.82) is 0 Å². The number of rotatable bonds is 10. The van der Waals surface area contributed by atoms with Gasteiger partial charge in [0.2, 0.25) is 26.0 Å². The van der Waals surface area contributed by atoms with Crippen molar-refractivity contribution in [2.45, 2.75) is 48.4 Å². The minimum absolute atomic E-state index is 0.0284. The number of benzene rings is 2. The van der Waals surface area contributed by atoms with E-state index in [-0.39, 0.29) is 16.6 Å². The molecule has 0 unspecified atom stereocenters. The van der Waals surface area contributed by atoms with Gasteiger partial charge in [-0.2, -0.15) is 4.98 Å². The molecule has 40 heavy (non-hydrogen) atoms. The van der Waals surface area contributed by atoms with E-state index >= 15 is 0 Å². The van der Waals surface area contributed by atoms with Crippen LogP contribution in [-0.4, -0.2) is 43.1 Å². The molecule has 0 bridgehead atoms. The summed E-state index contributed by atoms with van der Waals surface area (Å²) in [6.45, 7) is 0.338.